The number of carbonyl (C=O) groups is 2. The van der Waals surface area contributed by atoms with E-state index in [1.54, 1.807) is 6.92 Å². The molecule has 5 atom stereocenters. The number of nitrogens with zero attached hydrogens (tertiary/aromatic N) is 2. The lowest BCUT2D eigenvalue weighted by Crippen LogP contribution is -2.65. The molecule has 3 aliphatic heterocycles. The predicted molar refractivity (Wildman–Crippen MR) is 96.5 cm³/mol. The molecule has 1 aliphatic carbocycles. The van der Waals surface area contributed by atoms with Crippen LogP contribution in [0.2, 0.25) is 0 Å². The highest BCUT2D eigenvalue weighted by Crippen LogP contribution is 2.62. The molecule has 2 saturated heterocycles. The topological polar surface area (TPSA) is 40.6 Å². The van der Waals surface area contributed by atoms with Crippen molar-refractivity contribution in [2.24, 2.45) is 11.8 Å². The van der Waals surface area contributed by atoms with Crippen LogP contribution in [0.3, 0.4) is 0 Å². The van der Waals surface area contributed by atoms with E-state index in [0.717, 1.165) is 37.9 Å². The second-order valence-electron chi connectivity index (χ2n) is 8.05. The average Bonchev–Trinajstić information content (AvgIpc) is 3.15. The first kappa shape index (κ1) is 15.3. The van der Waals surface area contributed by atoms with Crippen molar-refractivity contribution in [3.05, 3.63) is 41.5 Å². The Morgan fingerprint density at radius 2 is 2.12 bits per heavy atom. The quantitative estimate of drug-likeness (QED) is 0.584. The molecule has 1 spiro atoms. The molecule has 3 heterocycles. The van der Waals surface area contributed by atoms with Gasteiger partial charge in [-0.1, -0.05) is 29.8 Å². The Morgan fingerprint density at radius 1 is 1.32 bits per heavy atom. The average molecular weight is 336 g/mol. The zero-order chi connectivity index (χ0) is 17.3. The third-order valence-corrected chi connectivity index (χ3v) is 7.35. The largest absolute Gasteiger partial charge is 0.308 e. The van der Waals surface area contributed by atoms with Crippen molar-refractivity contribution in [1.29, 1.82) is 0 Å². The molecule has 4 aliphatic rings. The van der Waals surface area contributed by atoms with Crippen LogP contribution in [0.4, 0.5) is 5.69 Å². The lowest BCUT2D eigenvalue weighted by molar-refractivity contribution is -0.120. The number of anilines is 1. The lowest BCUT2D eigenvalue weighted by atomic mass is 9.56. The highest BCUT2D eigenvalue weighted by Gasteiger charge is 2.67. The number of carbonyl (C=O) groups excluding carboxylic acids is 2. The molecule has 1 amide bonds. The molecule has 2 bridgehead atoms. The first-order chi connectivity index (χ1) is 12.1. The van der Waals surface area contributed by atoms with Crippen LogP contribution < -0.4 is 4.90 Å². The van der Waals surface area contributed by atoms with Crippen LogP contribution in [0.25, 0.3) is 0 Å². The fraction of sp³-hybridized carbons (Fsp3) is 0.524. The van der Waals surface area contributed by atoms with Gasteiger partial charge in [-0.15, -0.1) is 0 Å². The van der Waals surface area contributed by atoms with Gasteiger partial charge in [-0.25, -0.2) is 0 Å². The molecule has 5 unspecified atom stereocenters. The van der Waals surface area contributed by atoms with Crippen molar-refractivity contribution in [2.45, 2.75) is 44.2 Å². The van der Waals surface area contributed by atoms with Crippen LogP contribution in [0, 0.1) is 11.8 Å². The Labute approximate surface area is 148 Å². The molecule has 1 aromatic rings. The molecule has 5 rings (SSSR count). The highest BCUT2D eigenvalue weighted by atomic mass is 16.2. The summed E-state index contributed by atoms with van der Waals surface area (Å²) in [4.78, 5) is 29.5. The van der Waals surface area contributed by atoms with Crippen LogP contribution >= 0.6 is 0 Å². The summed E-state index contributed by atoms with van der Waals surface area (Å²) in [6.07, 6.45) is 5.42. The maximum absolute atomic E-state index is 12.6. The van der Waals surface area contributed by atoms with Crippen LogP contribution in [-0.4, -0.2) is 42.3 Å². The van der Waals surface area contributed by atoms with Gasteiger partial charge in [0.1, 0.15) is 6.29 Å². The van der Waals surface area contributed by atoms with E-state index >= 15 is 0 Å². The van der Waals surface area contributed by atoms with E-state index in [1.165, 1.54) is 11.1 Å². The van der Waals surface area contributed by atoms with E-state index in [9.17, 15) is 9.59 Å². The Morgan fingerprint density at radius 3 is 2.84 bits per heavy atom. The SMILES string of the molecule is C/C=C1\CN2CCC34c5ccccc5N(C(C)=O)C3C(C=O)C1CC24. The smallest absolute Gasteiger partial charge is 0.224 e. The highest BCUT2D eigenvalue weighted by molar-refractivity contribution is 5.97. The van der Waals surface area contributed by atoms with Crippen molar-refractivity contribution in [1.82, 2.24) is 4.90 Å². The number of piperidine rings is 1. The number of rotatable bonds is 1. The Balaban J connectivity index is 1.78. The van der Waals surface area contributed by atoms with Crippen molar-refractivity contribution in [3.8, 4) is 0 Å². The minimum atomic E-state index is -0.112. The normalized spacial score (nSPS) is 40.1. The predicted octanol–water partition coefficient (Wildman–Crippen LogP) is 2.53. The van der Waals surface area contributed by atoms with Gasteiger partial charge in [0.25, 0.3) is 0 Å². The molecule has 1 saturated carbocycles. The molecule has 3 fully saturated rings. The third kappa shape index (κ3) is 1.66. The summed E-state index contributed by atoms with van der Waals surface area (Å²) in [5.74, 6) is 0.219. The molecule has 1 aromatic carbocycles. The molecule has 0 radical (unpaired) electrons. The summed E-state index contributed by atoms with van der Waals surface area (Å²) in [7, 11) is 0. The zero-order valence-electron chi connectivity index (χ0n) is 14.8. The van der Waals surface area contributed by atoms with Gasteiger partial charge >= 0.3 is 0 Å². The Bertz CT molecular complexity index is 801. The van der Waals surface area contributed by atoms with Gasteiger partial charge in [0.2, 0.25) is 5.91 Å². The summed E-state index contributed by atoms with van der Waals surface area (Å²) in [6, 6.07) is 8.75. The molecule has 130 valence electrons. The Kier molecular flexibility index (Phi) is 3.09. The first-order valence-corrected chi connectivity index (χ1v) is 9.37. The van der Waals surface area contributed by atoms with E-state index in [2.05, 4.69) is 36.1 Å². The fourth-order valence-electron chi connectivity index (χ4n) is 6.53. The fourth-order valence-corrected chi connectivity index (χ4v) is 6.53. The number of benzene rings is 1. The van der Waals surface area contributed by atoms with Crippen molar-refractivity contribution < 1.29 is 9.59 Å². The summed E-state index contributed by atoms with van der Waals surface area (Å²) in [5, 5.41) is 0. The van der Waals surface area contributed by atoms with Crippen LogP contribution in [0.15, 0.2) is 35.9 Å². The van der Waals surface area contributed by atoms with Crippen LogP contribution in [-0.2, 0) is 15.0 Å². The summed E-state index contributed by atoms with van der Waals surface area (Å²) >= 11 is 0. The molecule has 4 heteroatoms. The van der Waals surface area contributed by atoms with E-state index in [1.807, 2.05) is 11.0 Å². The number of para-hydroxylation sites is 1. The van der Waals surface area contributed by atoms with Gasteiger partial charge in [0, 0.05) is 36.5 Å². The summed E-state index contributed by atoms with van der Waals surface area (Å²) in [6.45, 7) is 5.76. The number of aldehydes is 1. The van der Waals surface area contributed by atoms with Crippen molar-refractivity contribution in [3.63, 3.8) is 0 Å². The second kappa shape index (κ2) is 5.04. The van der Waals surface area contributed by atoms with E-state index in [0.29, 0.717) is 6.04 Å². The molecule has 4 nitrogen and oxygen atoms in total. The standard InChI is InChI=1S/C21H24N2O2/c1-3-14-11-22-9-8-21-17-6-4-5-7-18(17)23(13(2)25)20(21)16(12-24)15(14)10-19(21)22/h3-7,12,15-16,19-20H,8-11H2,1-2H3/b14-3+. The van der Waals surface area contributed by atoms with Crippen LogP contribution in [0.1, 0.15) is 32.3 Å². The number of fused-ring (bicyclic) bond motifs is 2. The van der Waals surface area contributed by atoms with Gasteiger partial charge in [0.05, 0.1) is 6.04 Å². The van der Waals surface area contributed by atoms with Gasteiger partial charge in [-0.2, -0.15) is 0 Å². The minimum absolute atomic E-state index is 0.0381. The molecule has 0 aromatic heterocycles. The summed E-state index contributed by atoms with van der Waals surface area (Å²) < 4.78 is 0. The maximum atomic E-state index is 12.6. The van der Waals surface area contributed by atoms with Crippen LogP contribution in [0.5, 0.6) is 0 Å². The van der Waals surface area contributed by atoms with E-state index in [4.69, 9.17) is 0 Å². The van der Waals surface area contributed by atoms with E-state index < -0.39 is 0 Å². The van der Waals surface area contributed by atoms with Gasteiger partial charge in [0.15, 0.2) is 0 Å². The second-order valence-corrected chi connectivity index (χ2v) is 8.05. The van der Waals surface area contributed by atoms with Gasteiger partial charge in [-0.3, -0.25) is 9.69 Å². The van der Waals surface area contributed by atoms with Crippen molar-refractivity contribution >= 4 is 17.9 Å². The molecule has 0 N–H and O–H groups in total. The molecular formula is C21H24N2O2. The molecule has 25 heavy (non-hydrogen) atoms. The number of amides is 1. The van der Waals surface area contributed by atoms with E-state index in [-0.39, 0.29) is 29.2 Å². The Hall–Kier alpha value is -1.94. The number of hydrogen-bond acceptors (Lipinski definition) is 3. The first-order valence-electron chi connectivity index (χ1n) is 9.37. The summed E-state index contributed by atoms with van der Waals surface area (Å²) in [5.41, 5.74) is 3.62. The number of hydrogen-bond donors (Lipinski definition) is 0. The third-order valence-electron chi connectivity index (χ3n) is 7.35. The zero-order valence-corrected chi connectivity index (χ0v) is 14.8. The lowest BCUT2D eigenvalue weighted by Gasteiger charge is -2.55. The monoisotopic (exact) mass is 336 g/mol. The number of allylic oxidation sites excluding steroid dienone is 1. The minimum Gasteiger partial charge on any atom is -0.308 e. The maximum Gasteiger partial charge on any atom is 0.224 e. The van der Waals surface area contributed by atoms with Crippen molar-refractivity contribution in [2.75, 3.05) is 18.0 Å². The molecular weight excluding hydrogens is 312 g/mol. The van der Waals surface area contributed by atoms with Gasteiger partial charge < -0.3 is 9.69 Å². The van der Waals surface area contributed by atoms with Gasteiger partial charge in [-0.05, 0) is 43.9 Å².